The molecule has 6 rings (SSSR count). The fourth-order valence-corrected chi connectivity index (χ4v) is 6.82. The summed E-state index contributed by atoms with van der Waals surface area (Å²) >= 11 is 0. The van der Waals surface area contributed by atoms with Crippen molar-refractivity contribution in [2.24, 2.45) is 0 Å². The molecule has 4 heterocycles. The maximum Gasteiger partial charge on any atom is 0.247 e. The third kappa shape index (κ3) is 5.30. The van der Waals surface area contributed by atoms with E-state index >= 15 is 4.39 Å². The number of fused-ring (bicyclic) bond motifs is 4. The number of H-pyrrole nitrogens is 1. The number of rotatable bonds is 9. The number of anilines is 2. The molecule has 0 radical (unpaired) electrons. The quantitative estimate of drug-likeness (QED) is 0.240. The lowest BCUT2D eigenvalue weighted by molar-refractivity contribution is -0.126. The van der Waals surface area contributed by atoms with E-state index in [1.807, 2.05) is 13.8 Å². The standard InChI is InChI=1S/C31H33FN6O5S/c1-17(2)33-7-8-43-29-25(37-44(4,41)42)9-19(15-36-29)21-10-22-24(11-23(21)32)34-16-26-28(22)31(30(40)38(26)3)12-20(13-31)18-5-6-27(39)35-14-18/h5-6,9-11,14-17,20,33,37H,7-8,12-13H2,1-4H3,(H,35,39)/t20-,31+. The van der Waals surface area contributed by atoms with E-state index in [9.17, 15) is 18.0 Å². The van der Waals surface area contributed by atoms with Gasteiger partial charge in [0.1, 0.15) is 18.1 Å². The molecule has 0 saturated heterocycles. The van der Waals surface area contributed by atoms with Crippen molar-refractivity contribution >= 4 is 38.2 Å². The molecule has 1 saturated carbocycles. The van der Waals surface area contributed by atoms with Crippen LogP contribution in [0.15, 0.2) is 53.7 Å². The van der Waals surface area contributed by atoms with Crippen LogP contribution in [-0.4, -0.2) is 61.8 Å². The highest BCUT2D eigenvalue weighted by molar-refractivity contribution is 7.92. The van der Waals surface area contributed by atoms with Gasteiger partial charge in [-0.3, -0.25) is 19.3 Å². The van der Waals surface area contributed by atoms with Crippen molar-refractivity contribution in [3.63, 3.8) is 0 Å². The lowest BCUT2D eigenvalue weighted by atomic mass is 9.57. The molecule has 1 fully saturated rings. The Morgan fingerprint density at radius 3 is 2.61 bits per heavy atom. The number of carbonyl (C=O) groups is 1. The normalized spacial score (nSPS) is 19.5. The minimum absolute atomic E-state index is 0.0527. The number of benzene rings is 1. The summed E-state index contributed by atoms with van der Waals surface area (Å²) in [6.07, 6.45) is 6.80. The number of hydrogen-bond acceptors (Lipinski definition) is 8. The Hall–Kier alpha value is -4.36. The zero-order chi connectivity index (χ0) is 31.4. The third-order valence-corrected chi connectivity index (χ3v) is 8.90. The molecule has 2 aliphatic rings. The molecule has 1 aromatic carbocycles. The molecule has 3 N–H and O–H groups in total. The Kier molecular flexibility index (Phi) is 7.41. The largest absolute Gasteiger partial charge is 0.475 e. The van der Waals surface area contributed by atoms with Crippen LogP contribution < -0.4 is 25.2 Å². The maximum absolute atomic E-state index is 15.7. The summed E-state index contributed by atoms with van der Waals surface area (Å²) in [7, 11) is -1.99. The van der Waals surface area contributed by atoms with Crippen LogP contribution in [0, 0.1) is 5.82 Å². The van der Waals surface area contributed by atoms with Gasteiger partial charge in [0.05, 0.1) is 29.1 Å². The summed E-state index contributed by atoms with van der Waals surface area (Å²) in [5.74, 6) is -0.487. The first-order valence-corrected chi connectivity index (χ1v) is 16.2. The van der Waals surface area contributed by atoms with Gasteiger partial charge in [-0.05, 0) is 36.5 Å². The van der Waals surface area contributed by atoms with Crippen LogP contribution in [0.5, 0.6) is 5.88 Å². The van der Waals surface area contributed by atoms with Gasteiger partial charge in [0.15, 0.2) is 0 Å². The number of carbonyl (C=O) groups excluding carboxylic acids is 1. The zero-order valence-electron chi connectivity index (χ0n) is 24.8. The van der Waals surface area contributed by atoms with Gasteiger partial charge < -0.3 is 19.9 Å². The number of ether oxygens (including phenoxy) is 1. The SMILES string of the molecule is CC(C)NCCOc1ncc(-c2cc3c(cc2F)ncc2c3[C@]3(C[C@H](c4ccc(=O)[nH]c4)C3)C(=O)N2C)cc1NS(C)(=O)=O. The van der Waals surface area contributed by atoms with E-state index in [4.69, 9.17) is 4.74 Å². The van der Waals surface area contributed by atoms with E-state index in [-0.39, 0.29) is 47.2 Å². The zero-order valence-corrected chi connectivity index (χ0v) is 25.6. The number of nitrogens with one attached hydrogen (secondary N) is 3. The van der Waals surface area contributed by atoms with Crippen molar-refractivity contribution in [1.82, 2.24) is 20.3 Å². The lowest BCUT2D eigenvalue weighted by Crippen LogP contribution is -2.48. The molecular formula is C31H33FN6O5S. The number of amides is 1. The molecule has 4 aromatic rings. The van der Waals surface area contributed by atoms with Crippen LogP contribution in [0.3, 0.4) is 0 Å². The first kappa shape index (κ1) is 29.7. The van der Waals surface area contributed by atoms with Crippen molar-refractivity contribution in [1.29, 1.82) is 0 Å². The fourth-order valence-electron chi connectivity index (χ4n) is 6.27. The second kappa shape index (κ2) is 11.0. The van der Waals surface area contributed by atoms with Crippen molar-refractivity contribution in [3.8, 4) is 17.0 Å². The first-order chi connectivity index (χ1) is 20.9. The van der Waals surface area contributed by atoms with Gasteiger partial charge in [-0.1, -0.05) is 19.9 Å². The van der Waals surface area contributed by atoms with Crippen molar-refractivity contribution in [2.45, 2.75) is 44.1 Å². The first-order valence-electron chi connectivity index (χ1n) is 14.3. The predicted molar refractivity (Wildman–Crippen MR) is 166 cm³/mol. The highest BCUT2D eigenvalue weighted by Crippen LogP contribution is 2.60. The van der Waals surface area contributed by atoms with Crippen LogP contribution in [0.1, 0.15) is 43.7 Å². The second-order valence-corrected chi connectivity index (χ2v) is 13.6. The van der Waals surface area contributed by atoms with Gasteiger partial charge in [0.25, 0.3) is 0 Å². The molecule has 1 amide bonds. The Labute approximate surface area is 253 Å². The predicted octanol–water partition coefficient (Wildman–Crippen LogP) is 3.66. The summed E-state index contributed by atoms with van der Waals surface area (Å²) in [4.78, 5) is 38.4. The Balaban J connectivity index is 1.41. The molecule has 13 heteroatoms. The van der Waals surface area contributed by atoms with Gasteiger partial charge in [0.2, 0.25) is 27.4 Å². The Bertz CT molecular complexity index is 1930. The minimum Gasteiger partial charge on any atom is -0.475 e. The minimum atomic E-state index is -3.70. The summed E-state index contributed by atoms with van der Waals surface area (Å²) in [6, 6.07) is 7.98. The van der Waals surface area contributed by atoms with Gasteiger partial charge in [-0.15, -0.1) is 0 Å². The smallest absolute Gasteiger partial charge is 0.247 e. The van der Waals surface area contributed by atoms with Crippen LogP contribution in [0.4, 0.5) is 15.8 Å². The molecule has 230 valence electrons. The summed E-state index contributed by atoms with van der Waals surface area (Å²) in [5.41, 5.74) is 2.38. The molecule has 11 nitrogen and oxygen atoms in total. The van der Waals surface area contributed by atoms with Gasteiger partial charge in [-0.2, -0.15) is 0 Å². The van der Waals surface area contributed by atoms with Crippen LogP contribution in [0.2, 0.25) is 0 Å². The molecule has 44 heavy (non-hydrogen) atoms. The summed E-state index contributed by atoms with van der Waals surface area (Å²) in [6.45, 7) is 4.76. The number of halogens is 1. The van der Waals surface area contributed by atoms with E-state index in [0.29, 0.717) is 41.5 Å². The third-order valence-electron chi connectivity index (χ3n) is 8.31. The number of hydrogen-bond donors (Lipinski definition) is 3. The van der Waals surface area contributed by atoms with Gasteiger partial charge in [-0.25, -0.2) is 17.8 Å². The number of aromatic nitrogens is 3. The van der Waals surface area contributed by atoms with Crippen molar-refractivity contribution in [3.05, 3.63) is 76.2 Å². The highest BCUT2D eigenvalue weighted by atomic mass is 32.2. The number of nitrogens with zero attached hydrogens (tertiary/aromatic N) is 3. The number of aromatic amines is 1. The summed E-state index contributed by atoms with van der Waals surface area (Å²) < 4.78 is 48.2. The average molecular weight is 621 g/mol. The van der Waals surface area contributed by atoms with E-state index in [1.165, 1.54) is 24.4 Å². The van der Waals surface area contributed by atoms with E-state index in [0.717, 1.165) is 17.4 Å². The monoisotopic (exact) mass is 620 g/mol. The van der Waals surface area contributed by atoms with E-state index < -0.39 is 21.3 Å². The number of likely N-dealkylation sites (N-methyl/N-ethyl adjacent to an activating group) is 1. The lowest BCUT2D eigenvalue weighted by Gasteiger charge is -2.44. The second-order valence-electron chi connectivity index (χ2n) is 11.8. The Morgan fingerprint density at radius 1 is 1.16 bits per heavy atom. The van der Waals surface area contributed by atoms with Crippen molar-refractivity contribution in [2.75, 3.05) is 36.1 Å². The highest BCUT2D eigenvalue weighted by Gasteiger charge is 2.58. The molecule has 1 aliphatic heterocycles. The van der Waals surface area contributed by atoms with E-state index in [2.05, 4.69) is 25.0 Å². The molecule has 1 aliphatic carbocycles. The summed E-state index contributed by atoms with van der Waals surface area (Å²) in [5, 5.41) is 3.85. The molecule has 0 atom stereocenters. The fraction of sp³-hybridized carbons (Fsp3) is 0.355. The molecule has 1 spiro atoms. The van der Waals surface area contributed by atoms with Gasteiger partial charge in [0, 0.05) is 66.2 Å². The topological polar surface area (TPSA) is 146 Å². The van der Waals surface area contributed by atoms with Crippen molar-refractivity contribution < 1.29 is 22.3 Å². The molecular weight excluding hydrogens is 587 g/mol. The molecule has 3 aromatic heterocycles. The Morgan fingerprint density at radius 2 is 1.93 bits per heavy atom. The van der Waals surface area contributed by atoms with Crippen LogP contribution in [0.25, 0.3) is 22.0 Å². The number of pyridine rings is 3. The average Bonchev–Trinajstić information content (AvgIpc) is 3.17. The van der Waals surface area contributed by atoms with Crippen LogP contribution in [-0.2, 0) is 20.2 Å². The van der Waals surface area contributed by atoms with Crippen LogP contribution >= 0.6 is 0 Å². The van der Waals surface area contributed by atoms with E-state index in [1.54, 1.807) is 36.5 Å². The molecule has 0 unspecified atom stereocenters. The number of sulfonamides is 1. The van der Waals surface area contributed by atoms with Gasteiger partial charge >= 0.3 is 0 Å². The maximum atomic E-state index is 15.7. The molecule has 0 bridgehead atoms.